The van der Waals surface area contributed by atoms with E-state index in [1.165, 1.54) is 19.4 Å². The molecule has 0 bridgehead atoms. The van der Waals surface area contributed by atoms with E-state index in [1.807, 2.05) is 69.3 Å². The van der Waals surface area contributed by atoms with Crippen molar-refractivity contribution < 1.29 is 19.7 Å². The normalized spacial score (nSPS) is 10.7. The van der Waals surface area contributed by atoms with Crippen LogP contribution in [0.15, 0.2) is 72.8 Å². The van der Waals surface area contributed by atoms with Crippen LogP contribution in [-0.4, -0.2) is 54.2 Å². The molecule has 0 saturated carbocycles. The molecule has 0 heterocycles. The first-order chi connectivity index (χ1) is 18.8. The van der Waals surface area contributed by atoms with Crippen molar-refractivity contribution in [1.29, 1.82) is 0 Å². The first-order valence-corrected chi connectivity index (χ1v) is 14.3. The lowest BCUT2D eigenvalue weighted by Crippen LogP contribution is -2.29. The number of likely N-dealkylation sites (N-methyl/N-ethyl adjacent to an activating group) is 1. The number of thiol groups is 1. The Morgan fingerprint density at radius 3 is 1.98 bits per heavy atom. The third kappa shape index (κ3) is 13.8. The fourth-order valence-corrected chi connectivity index (χ4v) is 3.74. The molecule has 0 unspecified atom stereocenters. The van der Waals surface area contributed by atoms with Gasteiger partial charge in [0.05, 0.1) is 7.11 Å². The van der Waals surface area contributed by atoms with E-state index in [2.05, 4.69) is 31.4 Å². The molecule has 0 aliphatic carbocycles. The van der Waals surface area contributed by atoms with Gasteiger partial charge in [-0.25, -0.2) is 0 Å². The average molecular weight is 570 g/mol. The summed E-state index contributed by atoms with van der Waals surface area (Å²) in [5.74, 6) is 2.98. The Balaban J connectivity index is 0.000000691. The van der Waals surface area contributed by atoms with Crippen LogP contribution in [0.5, 0.6) is 23.0 Å². The zero-order valence-electron chi connectivity index (χ0n) is 24.5. The molecule has 0 spiro atoms. The van der Waals surface area contributed by atoms with Gasteiger partial charge < -0.3 is 24.6 Å². The summed E-state index contributed by atoms with van der Waals surface area (Å²) in [5, 5.41) is 18.9. The Morgan fingerprint density at radius 2 is 1.43 bits per heavy atom. The standard InChI is InChI=1S/C17H18O3.C14H23NO.C2H6S.CH4/c1-11(13-4-6-14(18)7-5-13)12(2)16-9-8-15(19)10-17(16)20-3;1-3-5-11-15(4-2)12-13-16-14-9-7-6-8-10-14;1-2-3;/h4-10,18-19H,1-3H3;6-10H,3-5,11-13H2,1-2H3;3H,2H2,1H3;1H4/b12-11+;;;. The molecule has 0 atom stereocenters. The van der Waals surface area contributed by atoms with Gasteiger partial charge in [-0.2, -0.15) is 12.6 Å². The Labute approximate surface area is 248 Å². The second-order valence-corrected chi connectivity index (χ2v) is 9.58. The summed E-state index contributed by atoms with van der Waals surface area (Å²) in [6.45, 7) is 14.6. The maximum absolute atomic E-state index is 9.51. The number of phenolic OH excluding ortho intramolecular Hbond substituents is 2. The van der Waals surface area contributed by atoms with Crippen LogP contribution in [0.2, 0.25) is 0 Å². The average Bonchev–Trinajstić information content (AvgIpc) is 2.95. The lowest BCUT2D eigenvalue weighted by Gasteiger charge is -2.19. The largest absolute Gasteiger partial charge is 0.508 e. The first kappa shape index (κ1) is 36.9. The van der Waals surface area contributed by atoms with Gasteiger partial charge in [0, 0.05) is 18.2 Å². The number of nitrogens with zero attached hydrogens (tertiary/aromatic N) is 1. The number of hydrogen-bond donors (Lipinski definition) is 3. The van der Waals surface area contributed by atoms with Gasteiger partial charge in [0.1, 0.15) is 29.6 Å². The Hall–Kier alpha value is -3.09. The molecule has 0 aliphatic heterocycles. The number of ether oxygens (including phenoxy) is 2. The highest BCUT2D eigenvalue weighted by atomic mass is 32.1. The van der Waals surface area contributed by atoms with E-state index in [-0.39, 0.29) is 18.9 Å². The van der Waals surface area contributed by atoms with Crippen LogP contribution in [0.1, 0.15) is 66.0 Å². The van der Waals surface area contributed by atoms with E-state index in [1.54, 1.807) is 31.4 Å². The number of para-hydroxylation sites is 1. The summed E-state index contributed by atoms with van der Waals surface area (Å²) >= 11 is 3.79. The molecular weight excluding hydrogens is 518 g/mol. The second kappa shape index (κ2) is 21.7. The lowest BCUT2D eigenvalue weighted by molar-refractivity contribution is 0.213. The third-order valence-corrected chi connectivity index (χ3v) is 6.15. The van der Waals surface area contributed by atoms with Gasteiger partial charge in [0.25, 0.3) is 0 Å². The minimum atomic E-state index is 0. The highest BCUT2D eigenvalue weighted by Crippen LogP contribution is 2.34. The molecule has 2 N–H and O–H groups in total. The number of rotatable bonds is 11. The van der Waals surface area contributed by atoms with Crippen molar-refractivity contribution in [1.82, 2.24) is 4.90 Å². The zero-order valence-corrected chi connectivity index (χ0v) is 25.4. The van der Waals surface area contributed by atoms with Gasteiger partial charge in [-0.05, 0) is 92.2 Å². The molecule has 3 aromatic rings. The maximum Gasteiger partial charge on any atom is 0.130 e. The van der Waals surface area contributed by atoms with Crippen LogP contribution in [0.3, 0.4) is 0 Å². The summed E-state index contributed by atoms with van der Waals surface area (Å²) in [6.07, 6.45) is 2.54. The smallest absolute Gasteiger partial charge is 0.130 e. The molecule has 0 aromatic heterocycles. The molecule has 6 heteroatoms. The number of hydrogen-bond acceptors (Lipinski definition) is 6. The van der Waals surface area contributed by atoms with Crippen LogP contribution >= 0.6 is 12.6 Å². The summed E-state index contributed by atoms with van der Waals surface area (Å²) in [7, 11) is 1.58. The quantitative estimate of drug-likeness (QED) is 0.159. The molecule has 222 valence electrons. The monoisotopic (exact) mass is 569 g/mol. The zero-order chi connectivity index (χ0) is 29.0. The van der Waals surface area contributed by atoms with E-state index in [0.717, 1.165) is 53.5 Å². The predicted molar refractivity (Wildman–Crippen MR) is 176 cm³/mol. The van der Waals surface area contributed by atoms with Crippen molar-refractivity contribution in [3.63, 3.8) is 0 Å². The van der Waals surface area contributed by atoms with E-state index < -0.39 is 0 Å². The molecule has 40 heavy (non-hydrogen) atoms. The van der Waals surface area contributed by atoms with Crippen molar-refractivity contribution in [3.8, 4) is 23.0 Å². The van der Waals surface area contributed by atoms with Gasteiger partial charge >= 0.3 is 0 Å². The van der Waals surface area contributed by atoms with Gasteiger partial charge in [0.2, 0.25) is 0 Å². The Bertz CT molecular complexity index is 1080. The molecule has 3 aromatic carbocycles. The topological polar surface area (TPSA) is 62.2 Å². The first-order valence-electron chi connectivity index (χ1n) is 13.7. The fourth-order valence-electron chi connectivity index (χ4n) is 3.74. The summed E-state index contributed by atoms with van der Waals surface area (Å²) in [4.78, 5) is 2.44. The van der Waals surface area contributed by atoms with Crippen molar-refractivity contribution in [2.24, 2.45) is 0 Å². The number of benzene rings is 3. The third-order valence-electron chi connectivity index (χ3n) is 6.15. The lowest BCUT2D eigenvalue weighted by atomic mass is 9.96. The SMILES string of the molecule is C.CCCCN(CC)CCOc1ccccc1.CCS.COc1cc(O)ccc1/C(C)=C(\C)c1ccc(O)cc1. The Morgan fingerprint density at radius 1 is 0.825 bits per heavy atom. The molecule has 0 aliphatic rings. The molecule has 0 saturated heterocycles. The fraction of sp³-hybridized carbons (Fsp3) is 0.412. The summed E-state index contributed by atoms with van der Waals surface area (Å²) in [6, 6.07) is 22.2. The second-order valence-electron chi connectivity index (χ2n) is 8.95. The van der Waals surface area contributed by atoms with E-state index in [4.69, 9.17) is 9.47 Å². The van der Waals surface area contributed by atoms with Crippen LogP contribution in [0, 0.1) is 0 Å². The summed E-state index contributed by atoms with van der Waals surface area (Å²) in [5.41, 5.74) is 4.13. The highest BCUT2D eigenvalue weighted by molar-refractivity contribution is 7.80. The van der Waals surface area contributed by atoms with Crippen molar-refractivity contribution >= 4 is 23.8 Å². The number of aromatic hydroxyl groups is 2. The number of unbranched alkanes of at least 4 members (excludes halogenated alkanes) is 1. The molecule has 0 radical (unpaired) electrons. The molecule has 0 amide bonds. The van der Waals surface area contributed by atoms with E-state index in [0.29, 0.717) is 5.75 Å². The van der Waals surface area contributed by atoms with Crippen molar-refractivity contribution in [3.05, 3.63) is 83.9 Å². The molecule has 3 rings (SSSR count). The maximum atomic E-state index is 9.51. The van der Waals surface area contributed by atoms with Crippen LogP contribution < -0.4 is 9.47 Å². The van der Waals surface area contributed by atoms with Gasteiger partial charge in [-0.1, -0.05) is 65.0 Å². The minimum Gasteiger partial charge on any atom is -0.508 e. The van der Waals surface area contributed by atoms with Gasteiger partial charge in [-0.15, -0.1) is 0 Å². The molecular formula is C34H51NO4S. The summed E-state index contributed by atoms with van der Waals surface area (Å²) < 4.78 is 11.0. The number of phenols is 2. The van der Waals surface area contributed by atoms with Crippen LogP contribution in [0.25, 0.3) is 11.1 Å². The molecule has 0 fully saturated rings. The number of allylic oxidation sites excluding steroid dienone is 2. The van der Waals surface area contributed by atoms with Crippen LogP contribution in [0.4, 0.5) is 0 Å². The van der Waals surface area contributed by atoms with E-state index in [9.17, 15) is 10.2 Å². The molecule has 5 nitrogen and oxygen atoms in total. The minimum absolute atomic E-state index is 0. The highest BCUT2D eigenvalue weighted by Gasteiger charge is 2.10. The van der Waals surface area contributed by atoms with Crippen molar-refractivity contribution in [2.75, 3.05) is 39.1 Å². The Kier molecular flexibility index (Phi) is 20.0. The van der Waals surface area contributed by atoms with Gasteiger partial charge in [-0.3, -0.25) is 0 Å². The number of methoxy groups -OCH3 is 1. The predicted octanol–water partition coefficient (Wildman–Crippen LogP) is 8.82. The van der Waals surface area contributed by atoms with Crippen molar-refractivity contribution in [2.45, 2.75) is 54.9 Å². The van der Waals surface area contributed by atoms with Gasteiger partial charge in [0.15, 0.2) is 0 Å². The van der Waals surface area contributed by atoms with E-state index >= 15 is 0 Å². The van der Waals surface area contributed by atoms with Crippen LogP contribution in [-0.2, 0) is 0 Å².